The second kappa shape index (κ2) is 17.9. The van der Waals surface area contributed by atoms with Gasteiger partial charge in [-0.2, -0.15) is 0 Å². The molecular formula is C36H53N5O5. The molecule has 2 aliphatic rings. The minimum Gasteiger partial charge on any atom is -0.436 e. The number of carbonyl (C=O) groups excluding carboxylic acids is 3. The molecule has 1 saturated carbocycles. The van der Waals surface area contributed by atoms with Crippen LogP contribution in [0.15, 0.2) is 55.0 Å². The van der Waals surface area contributed by atoms with Gasteiger partial charge in [0.1, 0.15) is 6.04 Å². The molecule has 0 saturated heterocycles. The van der Waals surface area contributed by atoms with E-state index in [1.54, 1.807) is 24.5 Å². The van der Waals surface area contributed by atoms with Gasteiger partial charge in [0.15, 0.2) is 6.10 Å². The Bertz CT molecular complexity index is 1240. The summed E-state index contributed by atoms with van der Waals surface area (Å²) < 4.78 is 5.89. The maximum absolute atomic E-state index is 14.2. The zero-order chi connectivity index (χ0) is 32.9. The first-order valence-electron chi connectivity index (χ1n) is 17.1. The molecule has 4 atom stereocenters. The third-order valence-electron chi connectivity index (χ3n) is 9.33. The average molecular weight is 636 g/mol. The molecule has 4 rings (SSSR count). The summed E-state index contributed by atoms with van der Waals surface area (Å²) in [4.78, 5) is 51.7. The standard InChI is InChI=1S/C36H53N5O5/c1-26(2)17-18-32(42)30(21-27-13-7-4-8-14-27)39-34(43)31(23-29-24-37-25-38-29)40(3)35(44)33(22-28-15-9-5-10-16-28)46-36(45)41-19-11-6-12-20-41/h5-6,9-11,15-16,24-27,30-33,42H,4,7-8,12-14,17-23H2,1-3H3,(H,37,38)(H,39,43)/t30-,31-,32-,33-/m0/s1. The van der Waals surface area contributed by atoms with Crippen molar-refractivity contribution in [3.05, 3.63) is 66.3 Å². The van der Waals surface area contributed by atoms with Gasteiger partial charge in [-0.1, -0.05) is 88.4 Å². The second-order valence-electron chi connectivity index (χ2n) is 13.4. The smallest absolute Gasteiger partial charge is 0.410 e. The van der Waals surface area contributed by atoms with E-state index in [0.29, 0.717) is 43.5 Å². The average Bonchev–Trinajstić information content (AvgIpc) is 3.59. The number of aromatic nitrogens is 2. The van der Waals surface area contributed by atoms with Crippen LogP contribution in [0.5, 0.6) is 0 Å². The number of benzene rings is 1. The van der Waals surface area contributed by atoms with Gasteiger partial charge in [0.05, 0.1) is 18.5 Å². The van der Waals surface area contributed by atoms with Gasteiger partial charge in [0, 0.05) is 44.9 Å². The van der Waals surface area contributed by atoms with Gasteiger partial charge in [-0.25, -0.2) is 9.78 Å². The number of rotatable bonds is 15. The number of hydrogen-bond donors (Lipinski definition) is 3. The molecule has 1 aromatic heterocycles. The monoisotopic (exact) mass is 635 g/mol. The highest BCUT2D eigenvalue weighted by Gasteiger charge is 2.36. The third-order valence-corrected chi connectivity index (χ3v) is 9.33. The van der Waals surface area contributed by atoms with Crippen molar-refractivity contribution in [1.29, 1.82) is 0 Å². The van der Waals surface area contributed by atoms with Gasteiger partial charge in [0.2, 0.25) is 5.91 Å². The predicted molar refractivity (Wildman–Crippen MR) is 178 cm³/mol. The number of amides is 3. The van der Waals surface area contributed by atoms with Crippen molar-refractivity contribution in [2.45, 2.75) is 109 Å². The Hall–Kier alpha value is -3.66. The SMILES string of the molecule is CC(C)CC[C@H](O)[C@H](CC1CCCCC1)NC(=O)[C@H](Cc1cnc[nH]1)N(C)C(=O)[C@H](Cc1ccccc1)OC(=O)N1CC=CCC1. The van der Waals surface area contributed by atoms with Crippen LogP contribution in [0.3, 0.4) is 0 Å². The summed E-state index contributed by atoms with van der Waals surface area (Å²) in [5, 5.41) is 14.5. The summed E-state index contributed by atoms with van der Waals surface area (Å²) in [6, 6.07) is 8.08. The van der Waals surface area contributed by atoms with E-state index in [1.165, 1.54) is 24.2 Å². The molecule has 46 heavy (non-hydrogen) atoms. The number of carbonyl (C=O) groups is 3. The van der Waals surface area contributed by atoms with Crippen molar-refractivity contribution in [3.8, 4) is 0 Å². The van der Waals surface area contributed by atoms with Gasteiger partial charge in [-0.3, -0.25) is 9.59 Å². The number of H-pyrrole nitrogens is 1. The molecular weight excluding hydrogens is 582 g/mol. The fourth-order valence-electron chi connectivity index (χ4n) is 6.48. The normalized spacial score (nSPS) is 18.1. The van der Waals surface area contributed by atoms with Crippen molar-refractivity contribution in [3.63, 3.8) is 0 Å². The Balaban J connectivity index is 1.56. The first-order chi connectivity index (χ1) is 22.2. The van der Waals surface area contributed by atoms with Crippen LogP contribution in [-0.2, 0) is 27.2 Å². The summed E-state index contributed by atoms with van der Waals surface area (Å²) in [7, 11) is 1.59. The van der Waals surface area contributed by atoms with E-state index >= 15 is 0 Å². The van der Waals surface area contributed by atoms with E-state index in [-0.39, 0.29) is 18.7 Å². The zero-order valence-corrected chi connectivity index (χ0v) is 27.8. The molecule has 2 heterocycles. The Kier molecular flexibility index (Phi) is 13.7. The number of likely N-dealkylation sites (N-methyl/N-ethyl adjacent to an activating group) is 1. The van der Waals surface area contributed by atoms with Crippen LogP contribution in [0.4, 0.5) is 4.79 Å². The lowest BCUT2D eigenvalue weighted by Gasteiger charge is -2.34. The van der Waals surface area contributed by atoms with Crippen molar-refractivity contribution in [1.82, 2.24) is 25.1 Å². The predicted octanol–water partition coefficient (Wildman–Crippen LogP) is 5.04. The summed E-state index contributed by atoms with van der Waals surface area (Å²) in [6.45, 7) is 5.20. The van der Waals surface area contributed by atoms with Crippen LogP contribution in [0.2, 0.25) is 0 Å². The van der Waals surface area contributed by atoms with Crippen molar-refractivity contribution in [2.24, 2.45) is 11.8 Å². The van der Waals surface area contributed by atoms with Gasteiger partial charge in [-0.05, 0) is 43.1 Å². The van der Waals surface area contributed by atoms with E-state index in [2.05, 4.69) is 29.1 Å². The van der Waals surface area contributed by atoms with Gasteiger partial charge >= 0.3 is 6.09 Å². The maximum Gasteiger partial charge on any atom is 0.410 e. The number of aromatic amines is 1. The molecule has 3 N–H and O–H groups in total. The van der Waals surface area contributed by atoms with Crippen LogP contribution in [-0.4, -0.2) is 87.2 Å². The van der Waals surface area contributed by atoms with Crippen LogP contribution >= 0.6 is 0 Å². The van der Waals surface area contributed by atoms with E-state index in [9.17, 15) is 19.5 Å². The number of aliphatic hydroxyl groups excluding tert-OH is 1. The summed E-state index contributed by atoms with van der Waals surface area (Å²) >= 11 is 0. The fraction of sp³-hybridized carbons (Fsp3) is 0.611. The number of aliphatic hydroxyl groups is 1. The summed E-state index contributed by atoms with van der Waals surface area (Å²) in [5.41, 5.74) is 1.54. The first kappa shape index (κ1) is 35.2. The van der Waals surface area contributed by atoms with Crippen molar-refractivity contribution >= 4 is 17.9 Å². The highest BCUT2D eigenvalue weighted by molar-refractivity contribution is 5.90. The second-order valence-corrected chi connectivity index (χ2v) is 13.4. The quantitative estimate of drug-likeness (QED) is 0.235. The van der Waals surface area contributed by atoms with Crippen molar-refractivity contribution in [2.75, 3.05) is 20.1 Å². The van der Waals surface area contributed by atoms with Gasteiger partial charge in [-0.15, -0.1) is 0 Å². The highest BCUT2D eigenvalue weighted by Crippen LogP contribution is 2.29. The molecule has 10 heteroatoms. The lowest BCUT2D eigenvalue weighted by atomic mass is 9.83. The molecule has 0 spiro atoms. The lowest BCUT2D eigenvalue weighted by molar-refractivity contribution is -0.146. The summed E-state index contributed by atoms with van der Waals surface area (Å²) in [6.07, 6.45) is 13.7. The van der Waals surface area contributed by atoms with E-state index in [0.717, 1.165) is 31.2 Å². The number of hydrogen-bond acceptors (Lipinski definition) is 6. The molecule has 1 aliphatic heterocycles. The van der Waals surface area contributed by atoms with E-state index < -0.39 is 36.3 Å². The maximum atomic E-state index is 14.2. The lowest BCUT2D eigenvalue weighted by Crippen LogP contribution is -2.56. The minimum atomic E-state index is -1.13. The Morgan fingerprint density at radius 2 is 1.85 bits per heavy atom. The Morgan fingerprint density at radius 3 is 2.50 bits per heavy atom. The number of nitrogens with one attached hydrogen (secondary N) is 2. The Morgan fingerprint density at radius 1 is 1.09 bits per heavy atom. The number of imidazole rings is 1. The molecule has 10 nitrogen and oxygen atoms in total. The van der Waals surface area contributed by atoms with Gasteiger partial charge in [0.25, 0.3) is 5.91 Å². The largest absolute Gasteiger partial charge is 0.436 e. The molecule has 1 aromatic carbocycles. The topological polar surface area (TPSA) is 128 Å². The van der Waals surface area contributed by atoms with Crippen molar-refractivity contribution < 1.29 is 24.2 Å². The third kappa shape index (κ3) is 10.7. The van der Waals surface area contributed by atoms with Crippen LogP contribution in [0.25, 0.3) is 0 Å². The molecule has 3 amide bonds. The molecule has 2 aromatic rings. The van der Waals surface area contributed by atoms with Crippen LogP contribution in [0.1, 0.15) is 82.9 Å². The molecule has 1 aliphatic carbocycles. The Labute approximate surface area is 274 Å². The number of ether oxygens (including phenoxy) is 1. The molecule has 0 radical (unpaired) electrons. The molecule has 0 bridgehead atoms. The number of nitrogens with zero attached hydrogens (tertiary/aromatic N) is 3. The molecule has 1 fully saturated rings. The van der Waals surface area contributed by atoms with Crippen LogP contribution < -0.4 is 5.32 Å². The zero-order valence-electron chi connectivity index (χ0n) is 27.8. The minimum absolute atomic E-state index is 0.177. The van der Waals surface area contributed by atoms with E-state index in [1.807, 2.05) is 42.5 Å². The van der Waals surface area contributed by atoms with E-state index in [4.69, 9.17) is 4.74 Å². The first-order valence-corrected chi connectivity index (χ1v) is 17.1. The highest BCUT2D eigenvalue weighted by atomic mass is 16.6. The van der Waals surface area contributed by atoms with Crippen LogP contribution in [0, 0.1) is 11.8 Å². The molecule has 252 valence electrons. The fourth-order valence-corrected chi connectivity index (χ4v) is 6.48. The van der Waals surface area contributed by atoms with Gasteiger partial charge < -0.3 is 29.9 Å². The molecule has 0 unspecified atom stereocenters. The summed E-state index contributed by atoms with van der Waals surface area (Å²) in [5.74, 6) is 0.0645.